The molecule has 3 aromatic carbocycles. The van der Waals surface area contributed by atoms with E-state index in [4.69, 9.17) is 47.4 Å². The van der Waals surface area contributed by atoms with Crippen molar-refractivity contribution in [2.75, 3.05) is 56.9 Å². The largest absolute Gasteiger partial charge is 0.493 e. The van der Waals surface area contributed by atoms with E-state index in [2.05, 4.69) is 13.8 Å². The summed E-state index contributed by atoms with van der Waals surface area (Å²) in [6.07, 6.45) is -0.100. The summed E-state index contributed by atoms with van der Waals surface area (Å²) in [5.41, 5.74) is 2.85. The summed E-state index contributed by atoms with van der Waals surface area (Å²) in [4.78, 5) is 0. The van der Waals surface area contributed by atoms with Crippen LogP contribution in [0.25, 0.3) is 0 Å². The van der Waals surface area contributed by atoms with Crippen LogP contribution in [0.5, 0.6) is 51.7 Å². The van der Waals surface area contributed by atoms with Crippen LogP contribution in [0.1, 0.15) is 49.7 Å². The van der Waals surface area contributed by atoms with Gasteiger partial charge in [0.1, 0.15) is 6.10 Å². The van der Waals surface area contributed by atoms with Gasteiger partial charge in [-0.1, -0.05) is 13.8 Å². The van der Waals surface area contributed by atoms with Crippen LogP contribution < -0.4 is 42.6 Å². The van der Waals surface area contributed by atoms with E-state index < -0.39 is 0 Å². The Kier molecular flexibility index (Phi) is 11.0. The Hall–Kier alpha value is -4.18. The molecule has 0 radical (unpaired) electrons. The van der Waals surface area contributed by atoms with Crippen molar-refractivity contribution < 1.29 is 47.4 Å². The molecule has 10 nitrogen and oxygen atoms in total. The molecule has 1 saturated heterocycles. The van der Waals surface area contributed by atoms with Crippen molar-refractivity contribution >= 4 is 0 Å². The smallest absolute Gasteiger partial charge is 0.203 e. The van der Waals surface area contributed by atoms with Gasteiger partial charge >= 0.3 is 0 Å². The molecule has 5 atom stereocenters. The molecule has 0 aliphatic carbocycles. The highest BCUT2D eigenvalue weighted by Gasteiger charge is 2.42. The number of methoxy groups -OCH3 is 8. The van der Waals surface area contributed by atoms with Crippen molar-refractivity contribution in [3.63, 3.8) is 0 Å². The van der Waals surface area contributed by atoms with Crippen LogP contribution in [0.4, 0.5) is 0 Å². The summed E-state index contributed by atoms with van der Waals surface area (Å²) >= 11 is 0. The fourth-order valence-corrected chi connectivity index (χ4v) is 6.00. The third-order valence-electron chi connectivity index (χ3n) is 8.47. The average Bonchev–Trinajstić information content (AvgIpc) is 3.36. The van der Waals surface area contributed by atoms with Crippen LogP contribution in [0.2, 0.25) is 0 Å². The van der Waals surface area contributed by atoms with Crippen molar-refractivity contribution in [1.29, 1.82) is 0 Å². The number of benzene rings is 3. The molecular formula is C35H46O10. The Morgan fingerprint density at radius 1 is 0.511 bits per heavy atom. The monoisotopic (exact) mass is 626 g/mol. The van der Waals surface area contributed by atoms with Crippen molar-refractivity contribution in [2.24, 2.45) is 11.8 Å². The SMILES string of the molecule is COc1cc(CC(C)Oc2c(OC)cc([C@@H]3O[C@H](c4cc(OC)c(OC)c(OC)c4)[C@@H](C)[C@H]3C)cc2OC)cc(OC)c1OC. The molecule has 0 spiro atoms. The molecule has 1 unspecified atom stereocenters. The molecule has 1 fully saturated rings. The normalized spacial score (nSPS) is 19.8. The van der Waals surface area contributed by atoms with E-state index in [9.17, 15) is 0 Å². The maximum Gasteiger partial charge on any atom is 0.203 e. The third-order valence-corrected chi connectivity index (χ3v) is 8.47. The van der Waals surface area contributed by atoms with Gasteiger partial charge in [-0.3, -0.25) is 0 Å². The van der Waals surface area contributed by atoms with Crippen LogP contribution in [0.15, 0.2) is 36.4 Å². The molecule has 45 heavy (non-hydrogen) atoms. The van der Waals surface area contributed by atoms with Crippen LogP contribution in [-0.2, 0) is 11.2 Å². The summed E-state index contributed by atoms with van der Waals surface area (Å²) in [5.74, 6) is 5.42. The lowest BCUT2D eigenvalue weighted by Crippen LogP contribution is -2.17. The molecule has 1 aliphatic rings. The molecule has 0 N–H and O–H groups in total. The molecule has 3 aromatic rings. The van der Waals surface area contributed by atoms with Gasteiger partial charge in [-0.2, -0.15) is 0 Å². The number of hydrogen-bond acceptors (Lipinski definition) is 10. The first-order valence-electron chi connectivity index (χ1n) is 14.8. The second-order valence-electron chi connectivity index (χ2n) is 11.1. The van der Waals surface area contributed by atoms with Gasteiger partial charge in [0.2, 0.25) is 17.2 Å². The second kappa shape index (κ2) is 14.7. The van der Waals surface area contributed by atoms with Crippen LogP contribution in [-0.4, -0.2) is 63.0 Å². The van der Waals surface area contributed by atoms with E-state index in [1.165, 1.54) is 0 Å². The maximum atomic E-state index is 6.75. The molecule has 0 aromatic heterocycles. The Balaban J connectivity index is 1.61. The molecule has 0 bridgehead atoms. The first kappa shape index (κ1) is 33.7. The van der Waals surface area contributed by atoms with E-state index >= 15 is 0 Å². The summed E-state index contributed by atoms with van der Waals surface area (Å²) in [6, 6.07) is 11.7. The summed E-state index contributed by atoms with van der Waals surface area (Å²) in [6.45, 7) is 6.37. The quantitative estimate of drug-likeness (QED) is 0.189. The topological polar surface area (TPSA) is 92.3 Å². The van der Waals surface area contributed by atoms with Gasteiger partial charge in [0.15, 0.2) is 34.5 Å². The average molecular weight is 627 g/mol. The minimum atomic E-state index is -0.243. The van der Waals surface area contributed by atoms with Crippen LogP contribution in [0, 0.1) is 11.8 Å². The molecule has 0 saturated carbocycles. The predicted octanol–water partition coefficient (Wildman–Crippen LogP) is 6.85. The van der Waals surface area contributed by atoms with Crippen molar-refractivity contribution in [1.82, 2.24) is 0 Å². The molecule has 246 valence electrons. The fourth-order valence-electron chi connectivity index (χ4n) is 6.00. The Morgan fingerprint density at radius 2 is 0.844 bits per heavy atom. The maximum absolute atomic E-state index is 6.75. The number of ether oxygens (including phenoxy) is 10. The van der Waals surface area contributed by atoms with E-state index in [1.807, 2.05) is 43.3 Å². The van der Waals surface area contributed by atoms with E-state index in [-0.39, 0.29) is 30.1 Å². The standard InChI is InChI=1S/C35H46O10/c1-19(12-22-13-25(36-4)33(42-10)26(14-22)37-5)44-35-29(40-8)17-24(18-30(35)41-9)32-21(3)20(2)31(45-32)23-15-27(38-6)34(43-11)28(16-23)39-7/h13-21,31-32H,12H2,1-11H3/t19?,20-,21+,31-,32+/m0/s1. The Labute approximate surface area is 266 Å². The lowest BCUT2D eigenvalue weighted by molar-refractivity contribution is 0.0285. The summed E-state index contributed by atoms with van der Waals surface area (Å²) in [5, 5.41) is 0. The second-order valence-corrected chi connectivity index (χ2v) is 11.1. The zero-order valence-electron chi connectivity index (χ0n) is 28.1. The van der Waals surface area contributed by atoms with Gasteiger partial charge in [0.05, 0.1) is 69.1 Å². The highest BCUT2D eigenvalue weighted by Crippen LogP contribution is 2.53. The lowest BCUT2D eigenvalue weighted by atomic mass is 9.85. The predicted molar refractivity (Wildman–Crippen MR) is 170 cm³/mol. The number of hydrogen-bond donors (Lipinski definition) is 0. The minimum absolute atomic E-state index is 0.175. The molecule has 1 heterocycles. The summed E-state index contributed by atoms with van der Waals surface area (Å²) < 4.78 is 58.1. The fraction of sp³-hybridized carbons (Fsp3) is 0.486. The van der Waals surface area contributed by atoms with Crippen molar-refractivity contribution in [3.8, 4) is 51.7 Å². The van der Waals surface area contributed by atoms with Gasteiger partial charge in [-0.15, -0.1) is 0 Å². The molecular weight excluding hydrogens is 580 g/mol. The van der Waals surface area contributed by atoms with Crippen LogP contribution >= 0.6 is 0 Å². The zero-order chi connectivity index (χ0) is 32.8. The third kappa shape index (κ3) is 6.76. The van der Waals surface area contributed by atoms with Crippen molar-refractivity contribution in [3.05, 3.63) is 53.1 Å². The Bertz CT molecular complexity index is 1380. The zero-order valence-corrected chi connectivity index (χ0v) is 28.1. The first-order valence-corrected chi connectivity index (χ1v) is 14.8. The van der Waals surface area contributed by atoms with Crippen molar-refractivity contribution in [2.45, 2.75) is 45.5 Å². The molecule has 0 amide bonds. The van der Waals surface area contributed by atoms with Gasteiger partial charge in [0, 0.05) is 6.42 Å². The number of rotatable bonds is 14. The molecule has 1 aliphatic heterocycles. The minimum Gasteiger partial charge on any atom is -0.493 e. The van der Waals surface area contributed by atoms with Gasteiger partial charge in [0.25, 0.3) is 0 Å². The van der Waals surface area contributed by atoms with Gasteiger partial charge < -0.3 is 47.4 Å². The Morgan fingerprint density at radius 3 is 1.18 bits per heavy atom. The van der Waals surface area contributed by atoms with E-state index in [0.29, 0.717) is 58.2 Å². The van der Waals surface area contributed by atoms with Gasteiger partial charge in [-0.25, -0.2) is 0 Å². The first-order chi connectivity index (χ1) is 21.7. The molecule has 10 heteroatoms. The van der Waals surface area contributed by atoms with E-state index in [0.717, 1.165) is 16.7 Å². The highest BCUT2D eigenvalue weighted by atomic mass is 16.6. The van der Waals surface area contributed by atoms with E-state index in [1.54, 1.807) is 56.9 Å². The highest BCUT2D eigenvalue weighted by molar-refractivity contribution is 5.57. The molecule has 4 rings (SSSR count). The lowest BCUT2D eigenvalue weighted by Gasteiger charge is -2.23. The van der Waals surface area contributed by atoms with Gasteiger partial charge in [-0.05, 0) is 71.8 Å². The summed E-state index contributed by atoms with van der Waals surface area (Å²) in [7, 11) is 12.8. The van der Waals surface area contributed by atoms with Crippen LogP contribution in [0.3, 0.4) is 0 Å².